The summed E-state index contributed by atoms with van der Waals surface area (Å²) in [4.78, 5) is 42.0. The number of hydrogen-bond donors (Lipinski definition) is 0. The number of ether oxygens (including phenoxy) is 1. The summed E-state index contributed by atoms with van der Waals surface area (Å²) in [6.45, 7) is 8.47. The second kappa shape index (κ2) is 9.06. The van der Waals surface area contributed by atoms with Gasteiger partial charge in [0.1, 0.15) is 11.9 Å². The van der Waals surface area contributed by atoms with E-state index in [0.717, 1.165) is 44.3 Å². The van der Waals surface area contributed by atoms with Crippen LogP contribution in [0.3, 0.4) is 0 Å². The number of benzene rings is 1. The van der Waals surface area contributed by atoms with Crippen LogP contribution in [0.2, 0.25) is 0 Å². The van der Waals surface area contributed by atoms with Crippen LogP contribution in [0, 0.1) is 5.92 Å². The van der Waals surface area contributed by atoms with Gasteiger partial charge in [0, 0.05) is 50.4 Å². The molecule has 30 heavy (non-hydrogen) atoms. The van der Waals surface area contributed by atoms with Crippen molar-refractivity contribution in [2.45, 2.75) is 51.7 Å². The number of aldehydes is 1. The summed E-state index contributed by atoms with van der Waals surface area (Å²) >= 11 is 0. The first-order valence-corrected chi connectivity index (χ1v) is 10.7. The van der Waals surface area contributed by atoms with E-state index < -0.39 is 5.60 Å². The van der Waals surface area contributed by atoms with Crippen LogP contribution in [0.1, 0.15) is 50.4 Å². The van der Waals surface area contributed by atoms with Crippen molar-refractivity contribution in [3.63, 3.8) is 0 Å². The summed E-state index contributed by atoms with van der Waals surface area (Å²) < 4.78 is 5.45. The average molecular weight is 416 g/mol. The van der Waals surface area contributed by atoms with Gasteiger partial charge in [0.25, 0.3) is 0 Å². The quantitative estimate of drug-likeness (QED) is 0.707. The minimum atomic E-state index is -0.527. The number of carbonyl (C=O) groups excluding carboxylic acids is 3. The molecule has 0 aromatic heterocycles. The highest BCUT2D eigenvalue weighted by atomic mass is 16.6. The topological polar surface area (TPSA) is 70.2 Å². The van der Waals surface area contributed by atoms with E-state index in [4.69, 9.17) is 4.74 Å². The lowest BCUT2D eigenvalue weighted by molar-refractivity contribution is -0.135. The van der Waals surface area contributed by atoms with E-state index in [-0.39, 0.29) is 24.0 Å². The van der Waals surface area contributed by atoms with Crippen LogP contribution in [0.4, 0.5) is 10.5 Å². The fourth-order valence-corrected chi connectivity index (χ4v) is 4.15. The van der Waals surface area contributed by atoms with Gasteiger partial charge in [-0.05, 0) is 64.3 Å². The van der Waals surface area contributed by atoms with Crippen molar-refractivity contribution in [3.8, 4) is 0 Å². The van der Waals surface area contributed by atoms with Crippen molar-refractivity contribution < 1.29 is 19.1 Å². The molecule has 0 N–H and O–H groups in total. The van der Waals surface area contributed by atoms with E-state index in [1.54, 1.807) is 11.9 Å². The van der Waals surface area contributed by atoms with Crippen LogP contribution in [0.5, 0.6) is 0 Å². The van der Waals surface area contributed by atoms with Gasteiger partial charge in [0.15, 0.2) is 0 Å². The number of likely N-dealkylation sites (tertiary alicyclic amines) is 1. The maximum Gasteiger partial charge on any atom is 0.410 e. The Morgan fingerprint density at radius 1 is 1.07 bits per heavy atom. The molecule has 1 aromatic carbocycles. The smallest absolute Gasteiger partial charge is 0.410 e. The molecule has 7 nitrogen and oxygen atoms in total. The van der Waals surface area contributed by atoms with Crippen molar-refractivity contribution in [2.24, 2.45) is 5.92 Å². The molecule has 3 rings (SSSR count). The molecule has 1 atom stereocenters. The second-order valence-electron chi connectivity index (χ2n) is 9.29. The first-order chi connectivity index (χ1) is 14.2. The Hall–Kier alpha value is -2.57. The van der Waals surface area contributed by atoms with Gasteiger partial charge in [0.2, 0.25) is 5.91 Å². The molecule has 2 amide bonds. The van der Waals surface area contributed by atoms with E-state index in [9.17, 15) is 14.4 Å². The first-order valence-electron chi connectivity index (χ1n) is 10.7. The summed E-state index contributed by atoms with van der Waals surface area (Å²) in [5.41, 5.74) is 1.23. The molecule has 0 radical (unpaired) electrons. The van der Waals surface area contributed by atoms with Crippen LogP contribution in [-0.2, 0) is 9.53 Å². The monoisotopic (exact) mass is 415 g/mol. The highest BCUT2D eigenvalue weighted by Crippen LogP contribution is 2.27. The summed E-state index contributed by atoms with van der Waals surface area (Å²) in [7, 11) is 1.75. The van der Waals surface area contributed by atoms with Crippen LogP contribution in [0.15, 0.2) is 24.3 Å². The lowest BCUT2D eigenvalue weighted by atomic mass is 9.95. The highest BCUT2D eigenvalue weighted by Gasteiger charge is 2.36. The lowest BCUT2D eigenvalue weighted by Crippen LogP contribution is -2.45. The molecule has 2 aliphatic heterocycles. The SMILES string of the molecule is CN(C(=O)OC(C)(C)C)[C@H]1CCN(C(=O)C2CCN(c3ccc(C=O)cc3)CC2)C1. The Balaban J connectivity index is 1.49. The van der Waals surface area contributed by atoms with Crippen LogP contribution in [-0.4, -0.2) is 73.0 Å². The molecule has 2 fully saturated rings. The standard InChI is InChI=1S/C23H33N3O4/c1-23(2,3)30-22(29)24(4)20-11-14-26(15-20)21(28)18-9-12-25(13-10-18)19-7-5-17(16-27)6-8-19/h5-8,16,18,20H,9-15H2,1-4H3/t20-/m0/s1. The van der Waals surface area contributed by atoms with Crippen LogP contribution >= 0.6 is 0 Å². The van der Waals surface area contributed by atoms with Crippen molar-refractivity contribution in [3.05, 3.63) is 29.8 Å². The van der Waals surface area contributed by atoms with E-state index in [2.05, 4.69) is 4.90 Å². The molecule has 1 aromatic rings. The zero-order valence-electron chi connectivity index (χ0n) is 18.5. The molecule has 7 heteroatoms. The first kappa shape index (κ1) is 22.1. The average Bonchev–Trinajstić information content (AvgIpc) is 3.22. The molecule has 0 bridgehead atoms. The van der Waals surface area contributed by atoms with E-state index in [0.29, 0.717) is 18.7 Å². The normalized spacial score (nSPS) is 20.2. The molecule has 0 spiro atoms. The molecule has 2 aliphatic rings. The van der Waals surface area contributed by atoms with Gasteiger partial charge in [-0.2, -0.15) is 0 Å². The zero-order valence-corrected chi connectivity index (χ0v) is 18.5. The maximum absolute atomic E-state index is 13.0. The number of hydrogen-bond acceptors (Lipinski definition) is 5. The summed E-state index contributed by atoms with van der Waals surface area (Å²) in [5, 5.41) is 0. The third-order valence-corrected chi connectivity index (χ3v) is 5.94. The third kappa shape index (κ3) is 5.32. The number of anilines is 1. The molecule has 0 aliphatic carbocycles. The molecular formula is C23H33N3O4. The molecule has 0 unspecified atom stereocenters. The highest BCUT2D eigenvalue weighted by molar-refractivity contribution is 5.80. The maximum atomic E-state index is 13.0. The van der Waals surface area contributed by atoms with E-state index in [1.807, 2.05) is 49.9 Å². The largest absolute Gasteiger partial charge is 0.444 e. The van der Waals surface area contributed by atoms with E-state index in [1.165, 1.54) is 0 Å². The Labute approximate surface area is 179 Å². The molecule has 0 saturated carbocycles. The fourth-order valence-electron chi connectivity index (χ4n) is 4.15. The van der Waals surface area contributed by atoms with Gasteiger partial charge in [-0.1, -0.05) is 0 Å². The Kier molecular flexibility index (Phi) is 6.68. The minimum Gasteiger partial charge on any atom is -0.444 e. The molecular weight excluding hydrogens is 382 g/mol. The van der Waals surface area contributed by atoms with Gasteiger partial charge < -0.3 is 19.4 Å². The van der Waals surface area contributed by atoms with E-state index >= 15 is 0 Å². The van der Waals surface area contributed by atoms with Gasteiger partial charge in [-0.25, -0.2) is 4.79 Å². The van der Waals surface area contributed by atoms with Crippen molar-refractivity contribution in [2.75, 3.05) is 38.1 Å². The molecule has 164 valence electrons. The Bertz CT molecular complexity index is 764. The summed E-state index contributed by atoms with van der Waals surface area (Å²) in [6, 6.07) is 7.57. The number of nitrogens with zero attached hydrogens (tertiary/aromatic N) is 3. The van der Waals surface area contributed by atoms with Crippen LogP contribution < -0.4 is 4.90 Å². The lowest BCUT2D eigenvalue weighted by Gasteiger charge is -2.35. The summed E-state index contributed by atoms with van der Waals surface area (Å²) in [5.74, 6) is 0.229. The fraction of sp³-hybridized carbons (Fsp3) is 0.609. The van der Waals surface area contributed by atoms with Gasteiger partial charge in [-0.15, -0.1) is 0 Å². The van der Waals surface area contributed by atoms with Crippen molar-refractivity contribution in [1.29, 1.82) is 0 Å². The number of piperidine rings is 1. The summed E-state index contributed by atoms with van der Waals surface area (Å²) in [6.07, 6.45) is 2.92. The zero-order chi connectivity index (χ0) is 21.9. The van der Waals surface area contributed by atoms with Gasteiger partial charge >= 0.3 is 6.09 Å². The Morgan fingerprint density at radius 3 is 2.27 bits per heavy atom. The van der Waals surface area contributed by atoms with Gasteiger partial charge in [-0.3, -0.25) is 9.59 Å². The second-order valence-corrected chi connectivity index (χ2v) is 9.29. The molecule has 2 heterocycles. The van der Waals surface area contributed by atoms with Crippen molar-refractivity contribution in [1.82, 2.24) is 9.80 Å². The number of carbonyl (C=O) groups is 3. The van der Waals surface area contributed by atoms with Crippen LogP contribution in [0.25, 0.3) is 0 Å². The number of likely N-dealkylation sites (N-methyl/N-ethyl adjacent to an activating group) is 1. The van der Waals surface area contributed by atoms with Gasteiger partial charge in [0.05, 0.1) is 6.04 Å². The minimum absolute atomic E-state index is 0.000206. The predicted molar refractivity (Wildman–Crippen MR) is 116 cm³/mol. The van der Waals surface area contributed by atoms with Crippen molar-refractivity contribution >= 4 is 24.0 Å². The Morgan fingerprint density at radius 2 is 1.70 bits per heavy atom. The predicted octanol–water partition coefficient (Wildman–Crippen LogP) is 3.18. The molecule has 2 saturated heterocycles. The number of rotatable bonds is 4. The third-order valence-electron chi connectivity index (χ3n) is 5.94. The number of amides is 2.